The predicted octanol–water partition coefficient (Wildman–Crippen LogP) is 1.02. The van der Waals surface area contributed by atoms with Crippen LogP contribution in [0.2, 0.25) is 0 Å². The van der Waals surface area contributed by atoms with Crippen LogP contribution in [0.3, 0.4) is 0 Å². The minimum atomic E-state index is 0.0703. The summed E-state index contributed by atoms with van der Waals surface area (Å²) in [5.41, 5.74) is 0. The number of hydrogen-bond donors (Lipinski definition) is 2. The van der Waals surface area contributed by atoms with E-state index >= 15 is 0 Å². The highest BCUT2D eigenvalue weighted by molar-refractivity contribution is 5.91. The van der Waals surface area contributed by atoms with Crippen LogP contribution in [0.25, 0.3) is 0 Å². The maximum Gasteiger partial charge on any atom is 0.229 e. The minimum absolute atomic E-state index is 0.0703. The minimum Gasteiger partial charge on any atom is -0.316 e. The van der Waals surface area contributed by atoms with E-state index in [1.54, 1.807) is 12.3 Å². The van der Waals surface area contributed by atoms with Crippen molar-refractivity contribution >= 4 is 11.7 Å². The molecule has 15 heavy (non-hydrogen) atoms. The Hall–Kier alpha value is -1.42. The Bertz CT molecular complexity index is 320. The summed E-state index contributed by atoms with van der Waals surface area (Å²) in [5, 5.41) is 6.04. The first-order valence-corrected chi connectivity index (χ1v) is 5.29. The summed E-state index contributed by atoms with van der Waals surface area (Å²) >= 11 is 0. The first-order chi connectivity index (χ1) is 7.36. The molecule has 1 saturated heterocycles. The van der Waals surface area contributed by atoms with Crippen LogP contribution in [-0.4, -0.2) is 24.0 Å². The second-order valence-corrected chi connectivity index (χ2v) is 3.75. The molecule has 80 valence electrons. The Morgan fingerprint density at radius 1 is 1.53 bits per heavy atom. The molecule has 4 nitrogen and oxygen atoms in total. The zero-order chi connectivity index (χ0) is 10.5. The van der Waals surface area contributed by atoms with Gasteiger partial charge >= 0.3 is 0 Å². The van der Waals surface area contributed by atoms with Crippen LogP contribution in [0.15, 0.2) is 24.4 Å². The summed E-state index contributed by atoms with van der Waals surface area (Å²) in [6.45, 7) is 1.80. The summed E-state index contributed by atoms with van der Waals surface area (Å²) in [4.78, 5) is 15.8. The second kappa shape index (κ2) is 4.89. The Kier molecular flexibility index (Phi) is 3.29. The molecular weight excluding hydrogens is 190 g/mol. The lowest BCUT2D eigenvalue weighted by Gasteiger charge is -2.21. The largest absolute Gasteiger partial charge is 0.316 e. The number of rotatable bonds is 2. The molecule has 0 saturated carbocycles. The van der Waals surface area contributed by atoms with E-state index in [1.807, 2.05) is 12.1 Å². The second-order valence-electron chi connectivity index (χ2n) is 3.75. The Labute approximate surface area is 89.1 Å². The predicted molar refractivity (Wildman–Crippen MR) is 58.5 cm³/mol. The molecule has 2 N–H and O–H groups in total. The van der Waals surface area contributed by atoms with E-state index in [4.69, 9.17) is 0 Å². The first kappa shape index (κ1) is 10.1. The van der Waals surface area contributed by atoms with E-state index in [-0.39, 0.29) is 11.8 Å². The summed E-state index contributed by atoms with van der Waals surface area (Å²) < 4.78 is 0. The lowest BCUT2D eigenvalue weighted by molar-refractivity contribution is -0.120. The molecule has 1 unspecified atom stereocenters. The van der Waals surface area contributed by atoms with Gasteiger partial charge in [-0.1, -0.05) is 6.07 Å². The number of amides is 1. The molecule has 1 atom stereocenters. The zero-order valence-electron chi connectivity index (χ0n) is 8.57. The monoisotopic (exact) mass is 205 g/mol. The van der Waals surface area contributed by atoms with Gasteiger partial charge in [0.1, 0.15) is 5.82 Å². The lowest BCUT2D eigenvalue weighted by atomic mass is 9.99. The number of carbonyl (C=O) groups excluding carboxylic acids is 1. The van der Waals surface area contributed by atoms with Gasteiger partial charge in [-0.2, -0.15) is 0 Å². The molecule has 1 aliphatic rings. The van der Waals surface area contributed by atoms with Crippen molar-refractivity contribution in [2.24, 2.45) is 5.92 Å². The highest BCUT2D eigenvalue weighted by Gasteiger charge is 2.20. The van der Waals surface area contributed by atoms with Crippen molar-refractivity contribution in [2.75, 3.05) is 18.4 Å². The molecule has 0 aromatic carbocycles. The van der Waals surface area contributed by atoms with E-state index < -0.39 is 0 Å². The molecule has 2 heterocycles. The quantitative estimate of drug-likeness (QED) is 0.758. The zero-order valence-corrected chi connectivity index (χ0v) is 8.57. The van der Waals surface area contributed by atoms with E-state index in [1.165, 1.54) is 0 Å². The number of carbonyl (C=O) groups is 1. The van der Waals surface area contributed by atoms with Gasteiger partial charge < -0.3 is 10.6 Å². The van der Waals surface area contributed by atoms with Crippen LogP contribution in [0.1, 0.15) is 12.8 Å². The normalized spacial score (nSPS) is 20.9. The Morgan fingerprint density at radius 3 is 3.13 bits per heavy atom. The van der Waals surface area contributed by atoms with Gasteiger partial charge in [0, 0.05) is 12.7 Å². The lowest BCUT2D eigenvalue weighted by Crippen LogP contribution is -2.37. The van der Waals surface area contributed by atoms with Crippen LogP contribution >= 0.6 is 0 Å². The van der Waals surface area contributed by atoms with Gasteiger partial charge in [0.25, 0.3) is 0 Å². The Balaban J connectivity index is 1.91. The van der Waals surface area contributed by atoms with E-state index in [0.29, 0.717) is 5.82 Å². The summed E-state index contributed by atoms with van der Waals surface area (Å²) in [6.07, 6.45) is 3.71. The van der Waals surface area contributed by atoms with Gasteiger partial charge in [-0.15, -0.1) is 0 Å². The fourth-order valence-electron chi connectivity index (χ4n) is 1.74. The van der Waals surface area contributed by atoms with Crippen LogP contribution in [-0.2, 0) is 4.79 Å². The molecule has 1 amide bonds. The maximum absolute atomic E-state index is 11.8. The number of aromatic nitrogens is 1. The third kappa shape index (κ3) is 2.76. The average molecular weight is 205 g/mol. The number of nitrogens with one attached hydrogen (secondary N) is 2. The Morgan fingerprint density at radius 2 is 2.47 bits per heavy atom. The number of pyridine rings is 1. The van der Waals surface area contributed by atoms with Gasteiger partial charge in [-0.3, -0.25) is 4.79 Å². The molecule has 1 aromatic rings. The van der Waals surface area contributed by atoms with Gasteiger partial charge in [0.15, 0.2) is 0 Å². The molecule has 0 bridgehead atoms. The smallest absolute Gasteiger partial charge is 0.229 e. The van der Waals surface area contributed by atoms with Crippen LogP contribution in [0.5, 0.6) is 0 Å². The van der Waals surface area contributed by atoms with E-state index in [0.717, 1.165) is 25.9 Å². The SMILES string of the molecule is O=C(Nc1ccccn1)C1CCCNC1. The number of nitrogens with zero attached hydrogens (tertiary/aromatic N) is 1. The topological polar surface area (TPSA) is 54.0 Å². The first-order valence-electron chi connectivity index (χ1n) is 5.29. The molecule has 0 radical (unpaired) electrons. The molecule has 1 fully saturated rings. The highest BCUT2D eigenvalue weighted by atomic mass is 16.2. The van der Waals surface area contributed by atoms with Crippen molar-refractivity contribution in [2.45, 2.75) is 12.8 Å². The van der Waals surface area contributed by atoms with Crippen molar-refractivity contribution in [3.05, 3.63) is 24.4 Å². The molecule has 1 aromatic heterocycles. The van der Waals surface area contributed by atoms with Crippen LogP contribution in [0, 0.1) is 5.92 Å². The van der Waals surface area contributed by atoms with Gasteiger partial charge in [0.05, 0.1) is 5.92 Å². The van der Waals surface area contributed by atoms with Crippen molar-refractivity contribution in [3.8, 4) is 0 Å². The fourth-order valence-corrected chi connectivity index (χ4v) is 1.74. The molecule has 4 heteroatoms. The maximum atomic E-state index is 11.8. The standard InChI is InChI=1S/C11H15N3O/c15-11(9-4-3-6-12-8-9)14-10-5-1-2-7-13-10/h1-2,5,7,9,12H,3-4,6,8H2,(H,13,14,15). The highest BCUT2D eigenvalue weighted by Crippen LogP contribution is 2.12. The number of piperidine rings is 1. The average Bonchev–Trinajstić information content (AvgIpc) is 2.31. The third-order valence-corrected chi connectivity index (χ3v) is 2.58. The van der Waals surface area contributed by atoms with Crippen molar-refractivity contribution in [1.82, 2.24) is 10.3 Å². The van der Waals surface area contributed by atoms with E-state index in [9.17, 15) is 4.79 Å². The summed E-state index contributed by atoms with van der Waals surface area (Å²) in [6, 6.07) is 5.49. The third-order valence-electron chi connectivity index (χ3n) is 2.58. The van der Waals surface area contributed by atoms with Gasteiger partial charge in [-0.25, -0.2) is 4.98 Å². The van der Waals surface area contributed by atoms with E-state index in [2.05, 4.69) is 15.6 Å². The van der Waals surface area contributed by atoms with Gasteiger partial charge in [0.2, 0.25) is 5.91 Å². The van der Waals surface area contributed by atoms with Crippen molar-refractivity contribution in [3.63, 3.8) is 0 Å². The number of anilines is 1. The molecule has 0 aliphatic carbocycles. The molecule has 2 rings (SSSR count). The number of hydrogen-bond acceptors (Lipinski definition) is 3. The summed E-state index contributed by atoms with van der Waals surface area (Å²) in [5.74, 6) is 0.787. The van der Waals surface area contributed by atoms with Gasteiger partial charge in [-0.05, 0) is 31.5 Å². The van der Waals surface area contributed by atoms with Crippen molar-refractivity contribution in [1.29, 1.82) is 0 Å². The molecular formula is C11H15N3O. The van der Waals surface area contributed by atoms with Crippen LogP contribution in [0.4, 0.5) is 5.82 Å². The summed E-state index contributed by atoms with van der Waals surface area (Å²) in [7, 11) is 0. The molecule has 1 aliphatic heterocycles. The van der Waals surface area contributed by atoms with Crippen LogP contribution < -0.4 is 10.6 Å². The van der Waals surface area contributed by atoms with Crippen molar-refractivity contribution < 1.29 is 4.79 Å². The fraction of sp³-hybridized carbons (Fsp3) is 0.455. The molecule has 0 spiro atoms.